The van der Waals surface area contributed by atoms with Crippen molar-refractivity contribution in [2.45, 2.75) is 163 Å². The number of ether oxygens (including phenoxy) is 1. The highest BCUT2D eigenvalue weighted by Gasteiger charge is 2.05. The van der Waals surface area contributed by atoms with E-state index >= 15 is 0 Å². The maximum absolute atomic E-state index is 10.3. The average Bonchev–Trinajstić information content (AvgIpc) is 3.73. The van der Waals surface area contributed by atoms with Crippen molar-refractivity contribution in [1.82, 2.24) is 30.2 Å². The Labute approximate surface area is 395 Å². The summed E-state index contributed by atoms with van der Waals surface area (Å²) in [5.74, 6) is 0.692. The normalized spacial score (nSPS) is 10.8. The van der Waals surface area contributed by atoms with Gasteiger partial charge in [0.2, 0.25) is 5.95 Å². The first kappa shape index (κ1) is 66.4. The summed E-state index contributed by atoms with van der Waals surface area (Å²) in [6.07, 6.45) is 15.8. The van der Waals surface area contributed by atoms with Crippen LogP contribution in [0.1, 0.15) is 116 Å². The molecule has 1 atom stereocenters. The van der Waals surface area contributed by atoms with Crippen molar-refractivity contribution in [3.05, 3.63) is 84.1 Å². The number of sulfone groups is 1. The number of thioether (sulfide) groups is 1. The van der Waals surface area contributed by atoms with E-state index in [1.54, 1.807) is 69.4 Å². The van der Waals surface area contributed by atoms with Crippen molar-refractivity contribution >= 4 is 61.1 Å². The molecule has 0 aliphatic carbocycles. The molecule has 4 rings (SSSR count). The van der Waals surface area contributed by atoms with Gasteiger partial charge in [-0.3, -0.25) is 4.21 Å². The molecule has 0 fully saturated rings. The summed E-state index contributed by atoms with van der Waals surface area (Å²) in [6, 6.07) is 13.9. The highest BCUT2D eigenvalue weighted by Crippen LogP contribution is 2.06. The monoisotopic (exact) mass is 958 g/mol. The van der Waals surface area contributed by atoms with E-state index in [0.29, 0.717) is 41.5 Å². The lowest BCUT2D eigenvalue weighted by Gasteiger charge is -2.08. The summed E-state index contributed by atoms with van der Waals surface area (Å²) < 4.78 is 35.7. The molecule has 3 aromatic heterocycles. The first-order valence-corrected chi connectivity index (χ1v) is 27.1. The SMILES string of the molecule is CC(C)NCc1nccs1.CC(C)Nc1ccccc1.CC(C)Nc1cncnc1.CC(C)Nc1ncccn1.CC(C)S(C)(=O)=O.CC(C)S(C)=O.COC(C)C.CSC(C)C. The molecule has 17 heteroatoms. The third-order valence-corrected chi connectivity index (χ3v) is 11.6. The number of para-hydroxylation sites is 1. The minimum absolute atomic E-state index is 0.229. The van der Waals surface area contributed by atoms with Crippen LogP contribution >= 0.6 is 23.1 Å². The summed E-state index contributed by atoms with van der Waals surface area (Å²) >= 11 is 3.57. The van der Waals surface area contributed by atoms with Gasteiger partial charge >= 0.3 is 0 Å². The van der Waals surface area contributed by atoms with Crippen molar-refractivity contribution in [1.29, 1.82) is 0 Å². The van der Waals surface area contributed by atoms with Crippen LogP contribution in [-0.4, -0.2) is 109 Å². The number of hydrogen-bond acceptors (Lipinski definition) is 15. The van der Waals surface area contributed by atoms with Crippen LogP contribution < -0.4 is 21.3 Å². The molecular weight excluding hydrogens is 871 g/mol. The molecule has 364 valence electrons. The highest BCUT2D eigenvalue weighted by atomic mass is 32.2. The summed E-state index contributed by atoms with van der Waals surface area (Å²) in [4.78, 5) is 19.9. The van der Waals surface area contributed by atoms with Crippen molar-refractivity contribution < 1.29 is 17.4 Å². The quantitative estimate of drug-likeness (QED) is 0.0997. The number of benzene rings is 1. The zero-order valence-electron chi connectivity index (χ0n) is 42.3. The minimum atomic E-state index is -2.74. The lowest BCUT2D eigenvalue weighted by Crippen LogP contribution is -2.21. The molecule has 0 saturated carbocycles. The number of thiazole rings is 1. The molecule has 0 aliphatic heterocycles. The van der Waals surface area contributed by atoms with E-state index in [1.807, 2.05) is 69.2 Å². The molecule has 3 heterocycles. The number of hydrogen-bond donors (Lipinski definition) is 4. The van der Waals surface area contributed by atoms with Gasteiger partial charge in [-0.1, -0.05) is 59.7 Å². The molecule has 0 radical (unpaired) electrons. The van der Waals surface area contributed by atoms with Gasteiger partial charge in [0.15, 0.2) is 0 Å². The van der Waals surface area contributed by atoms with Crippen LogP contribution in [0.2, 0.25) is 0 Å². The third-order valence-electron chi connectivity index (χ3n) is 6.84. The molecule has 13 nitrogen and oxygen atoms in total. The second kappa shape index (κ2) is 42.7. The second-order valence-electron chi connectivity index (χ2n) is 15.9. The minimum Gasteiger partial charge on any atom is -0.383 e. The maximum Gasteiger partial charge on any atom is 0.222 e. The fourth-order valence-electron chi connectivity index (χ4n) is 2.84. The van der Waals surface area contributed by atoms with E-state index < -0.39 is 20.6 Å². The van der Waals surface area contributed by atoms with Gasteiger partial charge in [-0.15, -0.1) is 11.3 Å². The van der Waals surface area contributed by atoms with Crippen molar-refractivity contribution in [2.75, 3.05) is 41.8 Å². The Bertz CT molecular complexity index is 1540. The molecular formula is C46H87N9O4S4. The average molecular weight is 959 g/mol. The zero-order valence-corrected chi connectivity index (χ0v) is 45.6. The van der Waals surface area contributed by atoms with Crippen LogP contribution in [0.15, 0.2) is 79.1 Å². The number of nitrogens with zero attached hydrogens (tertiary/aromatic N) is 5. The van der Waals surface area contributed by atoms with Crippen molar-refractivity contribution in [3.8, 4) is 0 Å². The smallest absolute Gasteiger partial charge is 0.222 e. The number of nitrogens with one attached hydrogen (secondary N) is 4. The first-order valence-electron chi connectivity index (χ1n) is 21.3. The highest BCUT2D eigenvalue weighted by molar-refractivity contribution is 7.99. The van der Waals surface area contributed by atoms with Crippen LogP contribution in [0.5, 0.6) is 0 Å². The van der Waals surface area contributed by atoms with Crippen LogP contribution in [0.25, 0.3) is 0 Å². The van der Waals surface area contributed by atoms with Gasteiger partial charge in [-0.05, 0) is 98.9 Å². The van der Waals surface area contributed by atoms with E-state index in [9.17, 15) is 12.6 Å². The standard InChI is InChI=1S/C9H13N.2C7H11N3.C7H12N2S.C4H10O2S.C4H10OS.C4H10O.C4H10S/c1-8(2)10-9-6-4-3-5-7-9;1-6(2)10-7-3-8-5-9-4-7;1-6(2)10-7-8-4-3-5-9-7;1-6(2)9-5-7-8-3-4-10-7;1-4(2)7(3,5)6;1-4(2)6(3)5;2*1-4(2)5-3/h3-8,10H,1-2H3;3-6,10H,1-2H3;3-6H,1-2H3,(H,8,9,10);3-4,6,9H,5H2,1-2H3;4H,1-3H3;4H,1-3H3;2*4H,1-3H3. The van der Waals surface area contributed by atoms with Crippen molar-refractivity contribution in [2.24, 2.45) is 0 Å². The fourth-order valence-corrected chi connectivity index (χ4v) is 3.41. The Balaban J connectivity index is -0.000000321. The Morgan fingerprint density at radius 1 is 0.698 bits per heavy atom. The van der Waals surface area contributed by atoms with Gasteiger partial charge in [-0.2, -0.15) is 11.8 Å². The van der Waals surface area contributed by atoms with Crippen molar-refractivity contribution in [3.63, 3.8) is 0 Å². The topological polar surface area (TPSA) is 173 Å². The van der Waals surface area contributed by atoms with Gasteiger partial charge < -0.3 is 26.0 Å². The van der Waals surface area contributed by atoms with Gasteiger partial charge in [0, 0.05) is 96.0 Å². The maximum atomic E-state index is 10.3. The summed E-state index contributed by atoms with van der Waals surface area (Å²) in [5.41, 5.74) is 2.16. The van der Waals surface area contributed by atoms with E-state index in [1.165, 1.54) is 18.3 Å². The molecule has 0 saturated heterocycles. The van der Waals surface area contributed by atoms with Gasteiger partial charge in [0.25, 0.3) is 0 Å². The van der Waals surface area contributed by atoms with E-state index in [2.05, 4.69) is 134 Å². The molecule has 0 aliphatic rings. The van der Waals surface area contributed by atoms with E-state index in [4.69, 9.17) is 4.74 Å². The molecule has 0 amide bonds. The molecule has 0 bridgehead atoms. The summed E-state index contributed by atoms with van der Waals surface area (Å²) in [5, 5.41) is 16.9. The molecule has 1 unspecified atom stereocenters. The predicted molar refractivity (Wildman–Crippen MR) is 281 cm³/mol. The summed E-state index contributed by atoms with van der Waals surface area (Å²) in [6.45, 7) is 33.3. The molecule has 63 heavy (non-hydrogen) atoms. The Hall–Kier alpha value is -3.22. The predicted octanol–water partition coefficient (Wildman–Crippen LogP) is 10.8. The van der Waals surface area contributed by atoms with Crippen LogP contribution in [0.4, 0.5) is 17.3 Å². The Morgan fingerprint density at radius 3 is 1.44 bits per heavy atom. The van der Waals surface area contributed by atoms with Crippen LogP contribution in [0, 0.1) is 0 Å². The molecule has 4 aromatic rings. The Morgan fingerprint density at radius 2 is 1.13 bits per heavy atom. The number of anilines is 3. The van der Waals surface area contributed by atoms with Gasteiger partial charge in [-0.25, -0.2) is 33.3 Å². The number of methoxy groups -OCH3 is 1. The zero-order chi connectivity index (χ0) is 49.4. The molecule has 4 N–H and O–H groups in total. The Kier molecular flexibility index (Phi) is 45.0. The largest absolute Gasteiger partial charge is 0.383 e. The van der Waals surface area contributed by atoms with Gasteiger partial charge in [0.1, 0.15) is 21.2 Å². The number of rotatable bonds is 13. The lowest BCUT2D eigenvalue weighted by molar-refractivity contribution is 0.134. The van der Waals surface area contributed by atoms with Gasteiger partial charge in [0.05, 0.1) is 29.4 Å². The fraction of sp³-hybridized carbons (Fsp3) is 0.630. The summed E-state index contributed by atoms with van der Waals surface area (Å²) in [7, 11) is -1.66. The van der Waals surface area contributed by atoms with E-state index in [-0.39, 0.29) is 5.25 Å². The van der Waals surface area contributed by atoms with Crippen LogP contribution in [0.3, 0.4) is 0 Å². The lowest BCUT2D eigenvalue weighted by atomic mass is 10.3. The van der Waals surface area contributed by atoms with Crippen LogP contribution in [-0.2, 0) is 31.9 Å². The molecule has 0 spiro atoms. The first-order chi connectivity index (χ1) is 29.3. The van der Waals surface area contributed by atoms with E-state index in [0.717, 1.165) is 22.5 Å². The second-order valence-corrected chi connectivity index (χ2v) is 22.9. The molecule has 1 aromatic carbocycles. The number of aromatic nitrogens is 5. The third kappa shape index (κ3) is 54.8.